The summed E-state index contributed by atoms with van der Waals surface area (Å²) in [5, 5.41) is 2.56. The monoisotopic (exact) mass is 458 g/mol. The number of hydrogen-bond acceptors (Lipinski definition) is 8. The van der Waals surface area contributed by atoms with Crippen LogP contribution in [0.2, 0.25) is 0 Å². The molecular weight excluding hydrogens is 432 g/mol. The van der Waals surface area contributed by atoms with Crippen molar-refractivity contribution in [3.8, 4) is 22.1 Å². The molecule has 170 valence electrons. The maximum Gasteiger partial charge on any atom is 0.329 e. The molecule has 0 spiro atoms. The second-order valence-electron chi connectivity index (χ2n) is 8.04. The van der Waals surface area contributed by atoms with Gasteiger partial charge in [0.1, 0.15) is 17.7 Å². The second-order valence-corrected chi connectivity index (χ2v) is 8.90. The highest BCUT2D eigenvalue weighted by molar-refractivity contribution is 7.13. The van der Waals surface area contributed by atoms with Gasteiger partial charge in [-0.3, -0.25) is 14.5 Å². The van der Waals surface area contributed by atoms with E-state index in [9.17, 15) is 14.4 Å². The number of benzene rings is 1. The first-order valence-electron chi connectivity index (χ1n) is 10.6. The predicted molar refractivity (Wildman–Crippen MR) is 117 cm³/mol. The van der Waals surface area contributed by atoms with Crippen LogP contribution < -0.4 is 9.47 Å². The van der Waals surface area contributed by atoms with Gasteiger partial charge in [-0.05, 0) is 38.0 Å². The van der Waals surface area contributed by atoms with Crippen molar-refractivity contribution in [2.24, 2.45) is 11.8 Å². The Kier molecular flexibility index (Phi) is 6.45. The first-order valence-corrected chi connectivity index (χ1v) is 11.5. The van der Waals surface area contributed by atoms with Crippen molar-refractivity contribution in [3.05, 3.63) is 29.3 Å². The van der Waals surface area contributed by atoms with E-state index in [1.807, 2.05) is 17.5 Å². The summed E-state index contributed by atoms with van der Waals surface area (Å²) in [6.07, 6.45) is 3.31. The van der Waals surface area contributed by atoms with Gasteiger partial charge in [0.15, 0.2) is 11.5 Å². The Morgan fingerprint density at radius 3 is 2.41 bits per heavy atom. The van der Waals surface area contributed by atoms with Crippen LogP contribution in [0.1, 0.15) is 38.3 Å². The molecule has 4 rings (SSSR count). The standard InChI is InChI=1S/C23H26N2O6S/c1-13(25-21(26)16-6-4-5-7-17(16)22(25)27)23(28)31-11-15-12-32-20(24-15)14-8-9-18(29-2)19(10-14)30-3/h8-10,12-13,16-17H,4-7,11H2,1-3H3/t13-,16?,17?/m0/s1. The van der Waals surface area contributed by atoms with Crippen LogP contribution in [-0.4, -0.2) is 47.9 Å². The van der Waals surface area contributed by atoms with Crippen molar-refractivity contribution >= 4 is 29.1 Å². The number of fused-ring (bicyclic) bond motifs is 1. The van der Waals surface area contributed by atoms with Gasteiger partial charge in [0.25, 0.3) is 0 Å². The molecule has 32 heavy (non-hydrogen) atoms. The Morgan fingerprint density at radius 1 is 1.12 bits per heavy atom. The Balaban J connectivity index is 1.39. The number of nitrogens with zero attached hydrogens (tertiary/aromatic N) is 2. The van der Waals surface area contributed by atoms with Crippen LogP contribution in [0, 0.1) is 11.8 Å². The lowest BCUT2D eigenvalue weighted by atomic mass is 9.81. The summed E-state index contributed by atoms with van der Waals surface area (Å²) in [6.45, 7) is 1.52. The average molecular weight is 459 g/mol. The quantitative estimate of drug-likeness (QED) is 0.463. The van der Waals surface area contributed by atoms with Gasteiger partial charge in [0, 0.05) is 10.9 Å². The molecule has 1 aromatic carbocycles. The minimum absolute atomic E-state index is 0.0317. The van der Waals surface area contributed by atoms with Crippen LogP contribution in [0.25, 0.3) is 10.6 Å². The Bertz CT molecular complexity index is 1010. The van der Waals surface area contributed by atoms with E-state index in [-0.39, 0.29) is 30.3 Å². The van der Waals surface area contributed by atoms with Crippen molar-refractivity contribution < 1.29 is 28.6 Å². The molecule has 3 atom stereocenters. The van der Waals surface area contributed by atoms with Gasteiger partial charge in [-0.1, -0.05) is 12.8 Å². The number of esters is 1. The third kappa shape index (κ3) is 4.09. The number of imide groups is 1. The Hall–Kier alpha value is -2.94. The van der Waals surface area contributed by atoms with Crippen molar-refractivity contribution in [1.29, 1.82) is 0 Å². The van der Waals surface area contributed by atoms with Crippen LogP contribution in [0.3, 0.4) is 0 Å². The second kappa shape index (κ2) is 9.28. The summed E-state index contributed by atoms with van der Waals surface area (Å²) in [5.74, 6) is -0.430. The number of ether oxygens (including phenoxy) is 3. The highest BCUT2D eigenvalue weighted by Crippen LogP contribution is 2.39. The van der Waals surface area contributed by atoms with E-state index in [1.165, 1.54) is 11.3 Å². The molecule has 2 aliphatic rings. The zero-order chi connectivity index (χ0) is 22.8. The van der Waals surface area contributed by atoms with Gasteiger partial charge in [-0.15, -0.1) is 11.3 Å². The summed E-state index contributed by atoms with van der Waals surface area (Å²) < 4.78 is 16.0. The fourth-order valence-electron chi connectivity index (χ4n) is 4.42. The van der Waals surface area contributed by atoms with Crippen LogP contribution in [-0.2, 0) is 25.7 Å². The molecule has 9 heteroatoms. The first-order chi connectivity index (χ1) is 15.4. The fraction of sp³-hybridized carbons (Fsp3) is 0.478. The summed E-state index contributed by atoms with van der Waals surface area (Å²) in [7, 11) is 3.14. The van der Waals surface area contributed by atoms with Gasteiger partial charge in [0.05, 0.1) is 31.7 Å². The molecule has 1 aromatic heterocycles. The zero-order valence-electron chi connectivity index (χ0n) is 18.3. The topological polar surface area (TPSA) is 95.0 Å². The molecule has 0 bridgehead atoms. The Labute approximate surface area is 190 Å². The maximum atomic E-state index is 12.7. The van der Waals surface area contributed by atoms with E-state index in [1.54, 1.807) is 27.2 Å². The lowest BCUT2D eigenvalue weighted by molar-refractivity contribution is -0.159. The normalized spacial score (nSPS) is 21.3. The number of likely N-dealkylation sites (tertiary alicyclic amines) is 1. The first kappa shape index (κ1) is 22.3. The van der Waals surface area contributed by atoms with E-state index in [0.29, 0.717) is 30.0 Å². The van der Waals surface area contributed by atoms with Crippen molar-refractivity contribution in [2.45, 2.75) is 45.3 Å². The molecule has 0 N–H and O–H groups in total. The lowest BCUT2D eigenvalue weighted by Crippen LogP contribution is -2.44. The van der Waals surface area contributed by atoms with Gasteiger partial charge in [-0.2, -0.15) is 0 Å². The molecular formula is C23H26N2O6S. The van der Waals surface area contributed by atoms with E-state index in [4.69, 9.17) is 14.2 Å². The van der Waals surface area contributed by atoms with Crippen molar-refractivity contribution in [2.75, 3.05) is 14.2 Å². The number of hydrogen-bond donors (Lipinski definition) is 0. The zero-order valence-corrected chi connectivity index (χ0v) is 19.1. The minimum atomic E-state index is -0.940. The molecule has 2 heterocycles. The molecule has 2 amide bonds. The molecule has 1 aliphatic carbocycles. The highest BCUT2D eigenvalue weighted by Gasteiger charge is 2.51. The van der Waals surface area contributed by atoms with Crippen LogP contribution in [0.5, 0.6) is 11.5 Å². The van der Waals surface area contributed by atoms with Gasteiger partial charge < -0.3 is 14.2 Å². The molecule has 2 fully saturated rings. The highest BCUT2D eigenvalue weighted by atomic mass is 32.1. The van der Waals surface area contributed by atoms with Crippen molar-refractivity contribution in [3.63, 3.8) is 0 Å². The molecule has 0 radical (unpaired) electrons. The van der Waals surface area contributed by atoms with Crippen LogP contribution >= 0.6 is 11.3 Å². The van der Waals surface area contributed by atoms with Gasteiger partial charge in [0.2, 0.25) is 11.8 Å². The van der Waals surface area contributed by atoms with Crippen molar-refractivity contribution in [1.82, 2.24) is 9.88 Å². The SMILES string of the molecule is COc1ccc(-c2nc(COC(=O)[C@H](C)N3C(=O)C4CCCCC4C3=O)cs2)cc1OC. The lowest BCUT2D eigenvalue weighted by Gasteiger charge is -2.21. The molecule has 8 nitrogen and oxygen atoms in total. The van der Waals surface area contributed by atoms with Crippen LogP contribution in [0.4, 0.5) is 0 Å². The van der Waals surface area contributed by atoms with E-state index in [0.717, 1.165) is 28.3 Å². The third-order valence-electron chi connectivity index (χ3n) is 6.15. The molecule has 2 unspecified atom stereocenters. The number of amides is 2. The molecule has 2 aromatic rings. The smallest absolute Gasteiger partial charge is 0.329 e. The van der Waals surface area contributed by atoms with E-state index >= 15 is 0 Å². The summed E-state index contributed by atoms with van der Waals surface area (Å²) in [5.41, 5.74) is 1.45. The number of thiazole rings is 1. The Morgan fingerprint density at radius 2 is 1.78 bits per heavy atom. The number of aromatic nitrogens is 1. The number of carbonyl (C=O) groups excluding carboxylic acids is 3. The van der Waals surface area contributed by atoms with Crippen LogP contribution in [0.15, 0.2) is 23.6 Å². The largest absolute Gasteiger partial charge is 0.493 e. The van der Waals surface area contributed by atoms with Gasteiger partial charge >= 0.3 is 5.97 Å². The van der Waals surface area contributed by atoms with Gasteiger partial charge in [-0.25, -0.2) is 9.78 Å². The molecule has 1 saturated heterocycles. The third-order valence-corrected chi connectivity index (χ3v) is 7.09. The summed E-state index contributed by atoms with van der Waals surface area (Å²) in [6, 6.07) is 4.57. The van der Waals surface area contributed by atoms with E-state index < -0.39 is 12.0 Å². The number of methoxy groups -OCH3 is 2. The minimum Gasteiger partial charge on any atom is -0.493 e. The molecule has 1 aliphatic heterocycles. The maximum absolute atomic E-state index is 12.7. The summed E-state index contributed by atoms with van der Waals surface area (Å²) >= 11 is 1.42. The number of rotatable bonds is 7. The van der Waals surface area contributed by atoms with E-state index in [2.05, 4.69) is 4.98 Å². The predicted octanol–water partition coefficient (Wildman–Crippen LogP) is 3.43. The average Bonchev–Trinajstić information content (AvgIpc) is 3.39. The fourth-order valence-corrected chi connectivity index (χ4v) is 5.22. The molecule has 1 saturated carbocycles. The summed E-state index contributed by atoms with van der Waals surface area (Å²) in [4.78, 5) is 43.6. The number of carbonyl (C=O) groups is 3.